The number of hydrogen-bond acceptors (Lipinski definition) is 2. The maximum atomic E-state index is 12.3. The summed E-state index contributed by atoms with van der Waals surface area (Å²) >= 11 is 0. The summed E-state index contributed by atoms with van der Waals surface area (Å²) in [5, 5.41) is 9.87. The monoisotopic (exact) mass is 165 g/mol. The SMILES string of the molecule is O=C(O)[C@H]1CC(F)(F)C(=O)N1. The minimum absolute atomic E-state index is 0.957. The predicted molar refractivity (Wildman–Crippen MR) is 29.1 cm³/mol. The zero-order chi connectivity index (χ0) is 8.65. The van der Waals surface area contributed by atoms with Crippen molar-refractivity contribution in [1.29, 1.82) is 0 Å². The Morgan fingerprint density at radius 1 is 1.73 bits per heavy atom. The van der Waals surface area contributed by atoms with Crippen molar-refractivity contribution in [2.75, 3.05) is 0 Å². The Morgan fingerprint density at radius 2 is 2.27 bits per heavy atom. The lowest BCUT2D eigenvalue weighted by Crippen LogP contribution is -2.34. The lowest BCUT2D eigenvalue weighted by Gasteiger charge is -2.01. The Morgan fingerprint density at radius 3 is 2.45 bits per heavy atom. The first kappa shape index (κ1) is 7.90. The van der Waals surface area contributed by atoms with Crippen molar-refractivity contribution in [2.45, 2.75) is 18.4 Å². The second-order valence-electron chi connectivity index (χ2n) is 2.27. The predicted octanol–water partition coefficient (Wildman–Crippen LogP) is -0.405. The van der Waals surface area contributed by atoms with E-state index in [1.165, 1.54) is 0 Å². The molecule has 1 fully saturated rings. The highest BCUT2D eigenvalue weighted by molar-refractivity contribution is 5.92. The molecular formula is C5H5F2NO3. The lowest BCUT2D eigenvalue weighted by molar-refractivity contribution is -0.140. The fourth-order valence-corrected chi connectivity index (χ4v) is 0.813. The van der Waals surface area contributed by atoms with Crippen LogP contribution in [0, 0.1) is 0 Å². The van der Waals surface area contributed by atoms with Crippen LogP contribution in [-0.4, -0.2) is 28.9 Å². The van der Waals surface area contributed by atoms with Crippen molar-refractivity contribution in [3.8, 4) is 0 Å². The van der Waals surface area contributed by atoms with E-state index >= 15 is 0 Å². The quantitative estimate of drug-likeness (QED) is 0.555. The Labute approximate surface area is 60.2 Å². The summed E-state index contributed by atoms with van der Waals surface area (Å²) in [4.78, 5) is 20.4. The molecule has 1 aliphatic heterocycles. The van der Waals surface area contributed by atoms with E-state index in [0.29, 0.717) is 0 Å². The second kappa shape index (κ2) is 2.14. The van der Waals surface area contributed by atoms with E-state index in [-0.39, 0.29) is 0 Å². The third kappa shape index (κ3) is 1.28. The van der Waals surface area contributed by atoms with Crippen LogP contribution in [0.2, 0.25) is 0 Å². The molecule has 0 aromatic rings. The number of hydrogen-bond donors (Lipinski definition) is 2. The van der Waals surface area contributed by atoms with Crippen LogP contribution < -0.4 is 5.32 Å². The van der Waals surface area contributed by atoms with Gasteiger partial charge in [0.25, 0.3) is 5.91 Å². The van der Waals surface area contributed by atoms with E-state index in [4.69, 9.17) is 5.11 Å². The highest BCUT2D eigenvalue weighted by atomic mass is 19.3. The molecule has 0 aromatic heterocycles. The van der Waals surface area contributed by atoms with E-state index in [1.54, 1.807) is 5.32 Å². The maximum Gasteiger partial charge on any atom is 0.327 e. The summed E-state index contributed by atoms with van der Waals surface area (Å²) in [7, 11) is 0. The Balaban J connectivity index is 2.72. The first-order valence-electron chi connectivity index (χ1n) is 2.85. The van der Waals surface area contributed by atoms with Crippen LogP contribution in [-0.2, 0) is 9.59 Å². The first-order chi connectivity index (χ1) is 4.93. The van der Waals surface area contributed by atoms with Gasteiger partial charge in [-0.3, -0.25) is 4.79 Å². The number of carbonyl (C=O) groups is 2. The van der Waals surface area contributed by atoms with E-state index in [0.717, 1.165) is 0 Å². The molecule has 1 amide bonds. The molecule has 1 rings (SSSR count). The van der Waals surface area contributed by atoms with Gasteiger partial charge in [0.1, 0.15) is 6.04 Å². The Kier molecular flexibility index (Phi) is 1.54. The molecule has 0 aromatic carbocycles. The standard InChI is InChI=1S/C5H5F2NO3/c6-5(7)1-2(3(9)10)8-4(5)11/h2H,1H2,(H,8,11)(H,9,10)/t2-/m1/s1. The minimum Gasteiger partial charge on any atom is -0.480 e. The fraction of sp³-hybridized carbons (Fsp3) is 0.600. The molecule has 4 nitrogen and oxygen atoms in total. The van der Waals surface area contributed by atoms with Crippen molar-refractivity contribution in [1.82, 2.24) is 5.32 Å². The van der Waals surface area contributed by atoms with Crippen LogP contribution in [0.1, 0.15) is 6.42 Å². The van der Waals surface area contributed by atoms with Crippen LogP contribution >= 0.6 is 0 Å². The smallest absolute Gasteiger partial charge is 0.327 e. The summed E-state index contributed by atoms with van der Waals surface area (Å²) in [6, 6.07) is -1.45. The summed E-state index contributed by atoms with van der Waals surface area (Å²) in [5.41, 5.74) is 0. The molecule has 0 spiro atoms. The van der Waals surface area contributed by atoms with Crippen molar-refractivity contribution in [3.05, 3.63) is 0 Å². The van der Waals surface area contributed by atoms with Crippen LogP contribution in [0.3, 0.4) is 0 Å². The highest BCUT2D eigenvalue weighted by Gasteiger charge is 2.50. The number of aliphatic carboxylic acids is 1. The molecule has 1 atom stereocenters. The summed E-state index contributed by atoms with van der Waals surface area (Å²) in [5.74, 6) is -6.47. The van der Waals surface area contributed by atoms with E-state index < -0.39 is 30.3 Å². The molecular weight excluding hydrogens is 160 g/mol. The van der Waals surface area contributed by atoms with Gasteiger partial charge in [-0.25, -0.2) is 4.79 Å². The summed E-state index contributed by atoms with van der Waals surface area (Å²) in [6.07, 6.45) is -0.957. The average molecular weight is 165 g/mol. The number of nitrogens with one attached hydrogen (secondary N) is 1. The van der Waals surface area contributed by atoms with Crippen molar-refractivity contribution < 1.29 is 23.5 Å². The zero-order valence-electron chi connectivity index (χ0n) is 5.30. The molecule has 0 saturated carbocycles. The number of rotatable bonds is 1. The van der Waals surface area contributed by atoms with Crippen LogP contribution in [0.5, 0.6) is 0 Å². The topological polar surface area (TPSA) is 66.4 Å². The van der Waals surface area contributed by atoms with Crippen molar-refractivity contribution >= 4 is 11.9 Å². The number of amides is 1. The molecule has 11 heavy (non-hydrogen) atoms. The molecule has 0 unspecified atom stereocenters. The number of carbonyl (C=O) groups excluding carboxylic acids is 1. The van der Waals surface area contributed by atoms with Gasteiger partial charge in [0.2, 0.25) is 0 Å². The molecule has 1 heterocycles. The van der Waals surface area contributed by atoms with Gasteiger partial charge in [0.15, 0.2) is 0 Å². The molecule has 2 N–H and O–H groups in total. The number of alkyl halides is 2. The number of halogens is 2. The van der Waals surface area contributed by atoms with Crippen LogP contribution in [0.15, 0.2) is 0 Å². The molecule has 0 radical (unpaired) electrons. The van der Waals surface area contributed by atoms with Gasteiger partial charge in [-0.05, 0) is 0 Å². The molecule has 62 valence electrons. The third-order valence-corrected chi connectivity index (χ3v) is 1.40. The van der Waals surface area contributed by atoms with Gasteiger partial charge in [0.05, 0.1) is 6.42 Å². The van der Waals surface area contributed by atoms with Crippen LogP contribution in [0.25, 0.3) is 0 Å². The van der Waals surface area contributed by atoms with Crippen LogP contribution in [0.4, 0.5) is 8.78 Å². The summed E-state index contributed by atoms with van der Waals surface area (Å²) < 4.78 is 24.5. The molecule has 1 saturated heterocycles. The van der Waals surface area contributed by atoms with Crippen molar-refractivity contribution in [2.24, 2.45) is 0 Å². The molecule has 0 aliphatic carbocycles. The van der Waals surface area contributed by atoms with Gasteiger partial charge in [0, 0.05) is 0 Å². The van der Waals surface area contributed by atoms with Gasteiger partial charge in [-0.1, -0.05) is 0 Å². The van der Waals surface area contributed by atoms with E-state index in [9.17, 15) is 18.4 Å². The van der Waals surface area contributed by atoms with Gasteiger partial charge in [-0.15, -0.1) is 0 Å². The molecule has 6 heteroatoms. The first-order valence-corrected chi connectivity index (χ1v) is 2.85. The minimum atomic E-state index is -3.52. The van der Waals surface area contributed by atoms with Gasteiger partial charge >= 0.3 is 11.9 Å². The highest BCUT2D eigenvalue weighted by Crippen LogP contribution is 2.26. The normalized spacial score (nSPS) is 28.2. The zero-order valence-corrected chi connectivity index (χ0v) is 5.30. The van der Waals surface area contributed by atoms with Gasteiger partial charge < -0.3 is 10.4 Å². The molecule has 1 aliphatic rings. The van der Waals surface area contributed by atoms with E-state index in [2.05, 4.69) is 0 Å². The van der Waals surface area contributed by atoms with E-state index in [1.807, 2.05) is 0 Å². The van der Waals surface area contributed by atoms with Gasteiger partial charge in [-0.2, -0.15) is 8.78 Å². The second-order valence-corrected chi connectivity index (χ2v) is 2.27. The largest absolute Gasteiger partial charge is 0.480 e. The maximum absolute atomic E-state index is 12.3. The van der Waals surface area contributed by atoms with Crippen molar-refractivity contribution in [3.63, 3.8) is 0 Å². The molecule has 0 bridgehead atoms. The summed E-state index contributed by atoms with van der Waals surface area (Å²) in [6.45, 7) is 0. The lowest BCUT2D eigenvalue weighted by atomic mass is 10.2. The Hall–Kier alpha value is -1.20. The third-order valence-electron chi connectivity index (χ3n) is 1.40. The number of carboxylic acids is 1. The Bertz CT molecular complexity index is 216. The average Bonchev–Trinajstić information content (AvgIpc) is 2.08. The number of carboxylic acid groups (broad SMARTS) is 1. The fourth-order valence-electron chi connectivity index (χ4n) is 0.813.